The summed E-state index contributed by atoms with van der Waals surface area (Å²) in [5.41, 5.74) is 6.20. The summed E-state index contributed by atoms with van der Waals surface area (Å²) in [4.78, 5) is 47.6. The molecule has 0 radical (unpaired) electrons. The lowest BCUT2D eigenvalue weighted by Gasteiger charge is -2.26. The maximum Gasteiger partial charge on any atom is 0.320 e. The molecule has 0 saturated heterocycles. The highest BCUT2D eigenvalue weighted by Gasteiger charge is 2.41. The van der Waals surface area contributed by atoms with E-state index in [0.717, 1.165) is 19.8 Å². The van der Waals surface area contributed by atoms with Gasteiger partial charge in [-0.25, -0.2) is 0 Å². The van der Waals surface area contributed by atoms with Crippen molar-refractivity contribution >= 4 is 23.8 Å². The molecule has 0 fully saturated rings. The van der Waals surface area contributed by atoms with E-state index in [4.69, 9.17) is 10.5 Å². The zero-order valence-electron chi connectivity index (χ0n) is 15.5. The summed E-state index contributed by atoms with van der Waals surface area (Å²) in [7, 11) is 2.19. The summed E-state index contributed by atoms with van der Waals surface area (Å²) in [5.74, 6) is -5.71. The van der Waals surface area contributed by atoms with Crippen LogP contribution >= 0.6 is 0 Å². The van der Waals surface area contributed by atoms with Crippen LogP contribution < -0.4 is 11.1 Å². The first-order valence-electron chi connectivity index (χ1n) is 8.17. The van der Waals surface area contributed by atoms with Crippen LogP contribution in [0.15, 0.2) is 30.3 Å². The first-order chi connectivity index (χ1) is 12.8. The fourth-order valence-corrected chi connectivity index (χ4v) is 2.48. The third-order valence-corrected chi connectivity index (χ3v) is 3.93. The van der Waals surface area contributed by atoms with E-state index < -0.39 is 41.6 Å². The van der Waals surface area contributed by atoms with Gasteiger partial charge in [0.05, 0.1) is 20.8 Å². The lowest BCUT2D eigenvalue weighted by molar-refractivity contribution is -0.162. The first kappa shape index (κ1) is 22.1. The SMILES string of the molecule is COC(=O)C(C(=O)OC)[C@H](C)[C@@H](NC(=O)COCc1ccccc1)C(N)=O. The number of carbonyl (C=O) groups excluding carboxylic acids is 4. The standard InChI is InChI=1S/C18H24N2O7/c1-11(14(17(23)25-2)18(24)26-3)15(16(19)22)20-13(21)10-27-9-12-7-5-4-6-8-12/h4-8,11,14-15H,9-10H2,1-3H3,(H2,19,22)(H,20,21)/t11-,15+/m0/s1. The van der Waals surface area contributed by atoms with Crippen molar-refractivity contribution in [3.63, 3.8) is 0 Å². The van der Waals surface area contributed by atoms with Crippen molar-refractivity contribution in [1.29, 1.82) is 0 Å². The van der Waals surface area contributed by atoms with Gasteiger partial charge in [0.25, 0.3) is 0 Å². The number of hydrogen-bond donors (Lipinski definition) is 2. The second kappa shape index (κ2) is 10.9. The number of rotatable bonds is 10. The fraction of sp³-hybridized carbons (Fsp3) is 0.444. The molecule has 3 N–H and O–H groups in total. The van der Waals surface area contributed by atoms with Gasteiger partial charge in [0.1, 0.15) is 12.6 Å². The Morgan fingerprint density at radius 3 is 2.07 bits per heavy atom. The van der Waals surface area contributed by atoms with E-state index in [1.807, 2.05) is 30.3 Å². The quantitative estimate of drug-likeness (QED) is 0.423. The van der Waals surface area contributed by atoms with Gasteiger partial charge in [-0.05, 0) is 5.56 Å². The molecule has 1 aromatic rings. The van der Waals surface area contributed by atoms with Gasteiger partial charge in [0.15, 0.2) is 5.92 Å². The molecule has 0 heterocycles. The van der Waals surface area contributed by atoms with Crippen molar-refractivity contribution in [2.24, 2.45) is 17.6 Å². The van der Waals surface area contributed by atoms with E-state index in [1.165, 1.54) is 6.92 Å². The Bertz CT molecular complexity index is 647. The average molecular weight is 380 g/mol. The summed E-state index contributed by atoms with van der Waals surface area (Å²) in [6, 6.07) is 7.91. The van der Waals surface area contributed by atoms with Gasteiger partial charge in [-0.1, -0.05) is 37.3 Å². The zero-order chi connectivity index (χ0) is 20.4. The lowest BCUT2D eigenvalue weighted by Crippen LogP contribution is -2.53. The zero-order valence-corrected chi connectivity index (χ0v) is 15.5. The fourth-order valence-electron chi connectivity index (χ4n) is 2.48. The topological polar surface area (TPSA) is 134 Å². The highest BCUT2D eigenvalue weighted by Crippen LogP contribution is 2.19. The third kappa shape index (κ3) is 6.70. The molecule has 2 atom stereocenters. The number of nitrogens with one attached hydrogen (secondary N) is 1. The molecule has 148 valence electrons. The van der Waals surface area contributed by atoms with Crippen LogP contribution in [0.5, 0.6) is 0 Å². The van der Waals surface area contributed by atoms with Crippen molar-refractivity contribution in [3.05, 3.63) is 35.9 Å². The number of carbonyl (C=O) groups is 4. The Morgan fingerprint density at radius 1 is 1.04 bits per heavy atom. The maximum absolute atomic E-state index is 12.1. The van der Waals surface area contributed by atoms with E-state index in [-0.39, 0.29) is 13.2 Å². The molecule has 0 unspecified atom stereocenters. The summed E-state index contributed by atoms with van der Waals surface area (Å²) in [6.07, 6.45) is 0. The normalized spacial score (nSPS) is 12.7. The molecule has 1 aromatic carbocycles. The number of esters is 2. The second-order valence-electron chi connectivity index (χ2n) is 5.81. The Labute approximate surface area is 157 Å². The maximum atomic E-state index is 12.1. The van der Waals surface area contributed by atoms with Crippen molar-refractivity contribution in [2.75, 3.05) is 20.8 Å². The number of amides is 2. The third-order valence-electron chi connectivity index (χ3n) is 3.93. The van der Waals surface area contributed by atoms with Crippen molar-refractivity contribution in [1.82, 2.24) is 5.32 Å². The summed E-state index contributed by atoms with van der Waals surface area (Å²) >= 11 is 0. The largest absolute Gasteiger partial charge is 0.468 e. The summed E-state index contributed by atoms with van der Waals surface area (Å²) < 4.78 is 14.4. The molecule has 0 bridgehead atoms. The molecule has 2 amide bonds. The van der Waals surface area contributed by atoms with E-state index in [9.17, 15) is 19.2 Å². The van der Waals surface area contributed by atoms with Crippen LogP contribution in [0.4, 0.5) is 0 Å². The molecule has 0 aliphatic heterocycles. The molecular weight excluding hydrogens is 356 g/mol. The predicted molar refractivity (Wildman–Crippen MR) is 93.9 cm³/mol. The minimum atomic E-state index is -1.41. The molecule has 9 heteroatoms. The van der Waals surface area contributed by atoms with Crippen LogP contribution in [0, 0.1) is 11.8 Å². The Hall–Kier alpha value is -2.94. The van der Waals surface area contributed by atoms with Gasteiger partial charge in [0.2, 0.25) is 11.8 Å². The van der Waals surface area contributed by atoms with E-state index in [1.54, 1.807) is 0 Å². The van der Waals surface area contributed by atoms with Gasteiger partial charge in [-0.15, -0.1) is 0 Å². The Balaban J connectivity index is 2.72. The highest BCUT2D eigenvalue weighted by atomic mass is 16.5. The van der Waals surface area contributed by atoms with Crippen molar-refractivity contribution in [2.45, 2.75) is 19.6 Å². The average Bonchev–Trinajstić information content (AvgIpc) is 2.66. The molecule has 0 aliphatic carbocycles. The number of benzene rings is 1. The number of ether oxygens (including phenoxy) is 3. The van der Waals surface area contributed by atoms with Gasteiger partial charge >= 0.3 is 11.9 Å². The van der Waals surface area contributed by atoms with Crippen LogP contribution in [0.25, 0.3) is 0 Å². The summed E-state index contributed by atoms with van der Waals surface area (Å²) in [5, 5.41) is 2.39. The molecule has 9 nitrogen and oxygen atoms in total. The van der Waals surface area contributed by atoms with Crippen LogP contribution in [0.2, 0.25) is 0 Å². The highest BCUT2D eigenvalue weighted by molar-refractivity contribution is 5.97. The monoisotopic (exact) mass is 380 g/mol. The summed E-state index contributed by atoms with van der Waals surface area (Å²) in [6.45, 7) is 1.30. The van der Waals surface area contributed by atoms with Gasteiger partial charge < -0.3 is 25.3 Å². The van der Waals surface area contributed by atoms with E-state index in [0.29, 0.717) is 0 Å². The predicted octanol–water partition coefficient (Wildman–Crippen LogP) is -0.228. The lowest BCUT2D eigenvalue weighted by atomic mass is 9.87. The number of hydrogen-bond acceptors (Lipinski definition) is 7. The first-order valence-corrected chi connectivity index (χ1v) is 8.17. The Morgan fingerprint density at radius 2 is 1.59 bits per heavy atom. The van der Waals surface area contributed by atoms with Crippen molar-refractivity contribution < 1.29 is 33.4 Å². The van der Waals surface area contributed by atoms with Crippen molar-refractivity contribution in [3.8, 4) is 0 Å². The Kier molecular flexibility index (Phi) is 8.94. The molecule has 0 aromatic heterocycles. The van der Waals surface area contributed by atoms with Crippen LogP contribution in [-0.4, -0.2) is 50.6 Å². The molecule has 0 aliphatic rings. The minimum absolute atomic E-state index is 0.206. The number of methoxy groups -OCH3 is 2. The molecular formula is C18H24N2O7. The molecule has 1 rings (SSSR count). The molecule has 27 heavy (non-hydrogen) atoms. The van der Waals surface area contributed by atoms with Crippen LogP contribution in [-0.2, 0) is 40.0 Å². The van der Waals surface area contributed by atoms with E-state index in [2.05, 4.69) is 14.8 Å². The van der Waals surface area contributed by atoms with Crippen LogP contribution in [0.1, 0.15) is 12.5 Å². The number of primary amides is 1. The molecule has 0 spiro atoms. The van der Waals surface area contributed by atoms with Gasteiger partial charge in [-0.2, -0.15) is 0 Å². The minimum Gasteiger partial charge on any atom is -0.468 e. The second-order valence-corrected chi connectivity index (χ2v) is 5.81. The van der Waals surface area contributed by atoms with Crippen LogP contribution in [0.3, 0.4) is 0 Å². The molecule has 0 saturated carbocycles. The van der Waals surface area contributed by atoms with Gasteiger partial charge in [0, 0.05) is 5.92 Å². The van der Waals surface area contributed by atoms with Gasteiger partial charge in [-0.3, -0.25) is 19.2 Å². The smallest absolute Gasteiger partial charge is 0.320 e. The van der Waals surface area contributed by atoms with E-state index >= 15 is 0 Å². The number of nitrogens with two attached hydrogens (primary N) is 1.